The van der Waals surface area contributed by atoms with Crippen molar-refractivity contribution in [2.75, 3.05) is 0 Å². The summed E-state index contributed by atoms with van der Waals surface area (Å²) < 4.78 is 1.71. The molecule has 0 aromatic carbocycles. The van der Waals surface area contributed by atoms with Crippen LogP contribution in [0.1, 0.15) is 5.69 Å². The van der Waals surface area contributed by atoms with Gasteiger partial charge in [0.25, 0.3) is 0 Å². The molecule has 14 heavy (non-hydrogen) atoms. The third kappa shape index (κ3) is 1.46. The van der Waals surface area contributed by atoms with Crippen molar-refractivity contribution < 1.29 is 5.11 Å². The zero-order chi connectivity index (χ0) is 10.1. The highest BCUT2D eigenvalue weighted by Crippen LogP contribution is 2.23. The number of aromatic hydroxyl groups is 1. The largest absolute Gasteiger partial charge is 0.506 e. The average Bonchev–Trinajstić information content (AvgIpc) is 2.57. The zero-order valence-electron chi connectivity index (χ0n) is 8.10. The first-order chi connectivity index (χ1) is 6.66. The minimum Gasteiger partial charge on any atom is -0.506 e. The summed E-state index contributed by atoms with van der Waals surface area (Å²) in [5, 5.41) is 13.5. The Hall–Kier alpha value is -1.84. The number of pyridine rings is 1. The van der Waals surface area contributed by atoms with E-state index in [0.717, 1.165) is 11.1 Å². The topological polar surface area (TPSA) is 50.9 Å². The van der Waals surface area contributed by atoms with Crippen LogP contribution in [0.3, 0.4) is 0 Å². The van der Waals surface area contributed by atoms with Crippen molar-refractivity contribution in [2.45, 2.75) is 6.92 Å². The maximum Gasteiger partial charge on any atom is 0.137 e. The third-order valence-corrected chi connectivity index (χ3v) is 2.10. The van der Waals surface area contributed by atoms with Gasteiger partial charge in [-0.25, -0.2) is 0 Å². The van der Waals surface area contributed by atoms with Crippen LogP contribution in [0, 0.1) is 6.92 Å². The van der Waals surface area contributed by atoms with Gasteiger partial charge in [-0.3, -0.25) is 9.67 Å². The molecule has 2 rings (SSSR count). The molecule has 0 unspecified atom stereocenters. The standard InChI is InChI=1S/C10H11N3O/c1-7-10(14)3-8(4-11-7)9-5-12-13(2)6-9/h3-6,14H,1-2H3. The van der Waals surface area contributed by atoms with Crippen LogP contribution in [0.2, 0.25) is 0 Å². The molecule has 0 aliphatic carbocycles. The van der Waals surface area contributed by atoms with Gasteiger partial charge in [-0.05, 0) is 13.0 Å². The van der Waals surface area contributed by atoms with Crippen molar-refractivity contribution in [3.05, 3.63) is 30.4 Å². The number of nitrogens with zero attached hydrogens (tertiary/aromatic N) is 3. The van der Waals surface area contributed by atoms with Crippen LogP contribution in [-0.4, -0.2) is 19.9 Å². The number of hydrogen-bond donors (Lipinski definition) is 1. The Bertz CT molecular complexity index is 462. The average molecular weight is 189 g/mol. The number of aromatic nitrogens is 3. The van der Waals surface area contributed by atoms with Crippen molar-refractivity contribution >= 4 is 0 Å². The molecule has 0 bridgehead atoms. The Labute approximate surface area is 81.8 Å². The highest BCUT2D eigenvalue weighted by atomic mass is 16.3. The Morgan fingerprint density at radius 1 is 1.29 bits per heavy atom. The first kappa shape index (κ1) is 8.74. The summed E-state index contributed by atoms with van der Waals surface area (Å²) >= 11 is 0. The lowest BCUT2D eigenvalue weighted by atomic mass is 10.1. The number of rotatable bonds is 1. The predicted octanol–water partition coefficient (Wildman–Crippen LogP) is 1.50. The first-order valence-corrected chi connectivity index (χ1v) is 4.31. The van der Waals surface area contributed by atoms with Crippen molar-refractivity contribution in [2.24, 2.45) is 7.05 Å². The van der Waals surface area contributed by atoms with E-state index in [4.69, 9.17) is 0 Å². The molecule has 0 saturated carbocycles. The third-order valence-electron chi connectivity index (χ3n) is 2.10. The molecule has 1 N–H and O–H groups in total. The summed E-state index contributed by atoms with van der Waals surface area (Å²) in [6, 6.07) is 1.69. The SMILES string of the molecule is Cc1ncc(-c2cnn(C)c2)cc1O. The number of hydrogen-bond acceptors (Lipinski definition) is 3. The minimum absolute atomic E-state index is 0.214. The fourth-order valence-electron chi connectivity index (χ4n) is 1.25. The summed E-state index contributed by atoms with van der Waals surface area (Å²) in [4.78, 5) is 4.08. The molecule has 0 saturated heterocycles. The van der Waals surface area contributed by atoms with Gasteiger partial charge in [0.15, 0.2) is 0 Å². The normalized spacial score (nSPS) is 10.4. The molecule has 4 heteroatoms. The van der Waals surface area contributed by atoms with E-state index in [2.05, 4.69) is 10.1 Å². The van der Waals surface area contributed by atoms with Crippen LogP contribution >= 0.6 is 0 Å². The maximum atomic E-state index is 9.48. The maximum absolute atomic E-state index is 9.48. The summed E-state index contributed by atoms with van der Waals surface area (Å²) in [5.41, 5.74) is 2.47. The van der Waals surface area contributed by atoms with Gasteiger partial charge in [-0.15, -0.1) is 0 Å². The van der Waals surface area contributed by atoms with Crippen molar-refractivity contribution in [1.29, 1.82) is 0 Å². The van der Waals surface area contributed by atoms with E-state index >= 15 is 0 Å². The molecule has 0 fully saturated rings. The Kier molecular flexibility index (Phi) is 1.96. The van der Waals surface area contributed by atoms with E-state index in [1.54, 1.807) is 30.1 Å². The van der Waals surface area contributed by atoms with Crippen LogP contribution in [-0.2, 0) is 7.05 Å². The highest BCUT2D eigenvalue weighted by Gasteiger charge is 2.03. The van der Waals surface area contributed by atoms with E-state index in [9.17, 15) is 5.11 Å². The lowest BCUT2D eigenvalue weighted by Crippen LogP contribution is -1.85. The smallest absolute Gasteiger partial charge is 0.137 e. The highest BCUT2D eigenvalue weighted by molar-refractivity contribution is 5.62. The van der Waals surface area contributed by atoms with Crippen molar-refractivity contribution in [3.63, 3.8) is 0 Å². The Morgan fingerprint density at radius 2 is 2.07 bits per heavy atom. The van der Waals surface area contributed by atoms with Gasteiger partial charge < -0.3 is 5.11 Å². The molecular formula is C10H11N3O. The van der Waals surface area contributed by atoms with E-state index in [1.165, 1.54) is 0 Å². The molecule has 0 aliphatic heterocycles. The first-order valence-electron chi connectivity index (χ1n) is 4.31. The molecular weight excluding hydrogens is 178 g/mol. The molecule has 0 radical (unpaired) electrons. The lowest BCUT2D eigenvalue weighted by molar-refractivity contribution is 0.468. The summed E-state index contributed by atoms with van der Waals surface area (Å²) in [6.07, 6.45) is 5.35. The van der Waals surface area contributed by atoms with Crippen LogP contribution < -0.4 is 0 Å². The van der Waals surface area contributed by atoms with E-state index in [-0.39, 0.29) is 5.75 Å². The van der Waals surface area contributed by atoms with Gasteiger partial charge in [-0.2, -0.15) is 5.10 Å². The second-order valence-corrected chi connectivity index (χ2v) is 3.23. The monoisotopic (exact) mass is 189 g/mol. The predicted molar refractivity (Wildman–Crippen MR) is 52.8 cm³/mol. The van der Waals surface area contributed by atoms with Gasteiger partial charge in [0.2, 0.25) is 0 Å². The molecule has 4 nitrogen and oxygen atoms in total. The fourth-order valence-corrected chi connectivity index (χ4v) is 1.25. The van der Waals surface area contributed by atoms with Gasteiger partial charge in [0.05, 0.1) is 11.9 Å². The van der Waals surface area contributed by atoms with Gasteiger partial charge in [-0.1, -0.05) is 0 Å². The second-order valence-electron chi connectivity index (χ2n) is 3.23. The summed E-state index contributed by atoms with van der Waals surface area (Å²) in [6.45, 7) is 1.77. The molecule has 0 atom stereocenters. The van der Waals surface area contributed by atoms with E-state index < -0.39 is 0 Å². The van der Waals surface area contributed by atoms with Crippen molar-refractivity contribution in [1.82, 2.24) is 14.8 Å². The molecule has 2 aromatic heterocycles. The van der Waals surface area contributed by atoms with Crippen molar-refractivity contribution in [3.8, 4) is 16.9 Å². The molecule has 0 amide bonds. The lowest BCUT2D eigenvalue weighted by Gasteiger charge is -2.00. The van der Waals surface area contributed by atoms with E-state index in [0.29, 0.717) is 5.69 Å². The van der Waals surface area contributed by atoms with Crippen LogP contribution in [0.15, 0.2) is 24.7 Å². The molecule has 0 spiro atoms. The molecule has 2 heterocycles. The Balaban J connectivity index is 2.47. The quantitative estimate of drug-likeness (QED) is 0.739. The van der Waals surface area contributed by atoms with Crippen LogP contribution in [0.5, 0.6) is 5.75 Å². The van der Waals surface area contributed by atoms with E-state index in [1.807, 2.05) is 13.2 Å². The fraction of sp³-hybridized carbons (Fsp3) is 0.200. The molecule has 72 valence electrons. The Morgan fingerprint density at radius 3 is 2.64 bits per heavy atom. The minimum atomic E-state index is 0.214. The summed E-state index contributed by atoms with van der Waals surface area (Å²) in [5.74, 6) is 0.214. The summed E-state index contributed by atoms with van der Waals surface area (Å²) in [7, 11) is 1.85. The van der Waals surface area contributed by atoms with Crippen LogP contribution in [0.4, 0.5) is 0 Å². The number of aryl methyl sites for hydroxylation is 2. The molecule has 0 aliphatic rings. The van der Waals surface area contributed by atoms with Crippen LogP contribution in [0.25, 0.3) is 11.1 Å². The second kappa shape index (κ2) is 3.14. The van der Waals surface area contributed by atoms with Gasteiger partial charge >= 0.3 is 0 Å². The van der Waals surface area contributed by atoms with Gasteiger partial charge in [0, 0.05) is 30.6 Å². The molecule has 2 aromatic rings. The van der Waals surface area contributed by atoms with Gasteiger partial charge in [0.1, 0.15) is 5.75 Å². The zero-order valence-corrected chi connectivity index (χ0v) is 8.10.